The largest absolute Gasteiger partial charge is 0.399 e. The lowest BCUT2D eigenvalue weighted by atomic mass is 10.1. The molecule has 7 nitrogen and oxygen atoms in total. The number of nitrogens with two attached hydrogens (primary N) is 2. The van der Waals surface area contributed by atoms with Gasteiger partial charge in [0.2, 0.25) is 0 Å². The number of aryl methyl sites for hydroxylation is 1. The van der Waals surface area contributed by atoms with E-state index < -0.39 is 11.8 Å². The Bertz CT molecular complexity index is 677. The summed E-state index contributed by atoms with van der Waals surface area (Å²) in [6.07, 6.45) is 1.26. The van der Waals surface area contributed by atoms with Crippen LogP contribution < -0.4 is 16.4 Å². The number of benzene rings is 1. The summed E-state index contributed by atoms with van der Waals surface area (Å²) in [6.45, 7) is 1.85. The van der Waals surface area contributed by atoms with Crippen LogP contribution in [0, 0.1) is 6.92 Å². The fraction of sp³-hybridized carbons (Fsp3) is 0.154. The van der Waals surface area contributed by atoms with Gasteiger partial charge in [-0.15, -0.1) is 0 Å². The van der Waals surface area contributed by atoms with Crippen LogP contribution >= 0.6 is 0 Å². The van der Waals surface area contributed by atoms with Crippen LogP contribution in [0.15, 0.2) is 24.5 Å². The summed E-state index contributed by atoms with van der Waals surface area (Å²) in [5.41, 5.74) is 13.1. The molecule has 0 aliphatic carbocycles. The summed E-state index contributed by atoms with van der Waals surface area (Å²) in [5, 5.41) is 0. The number of rotatable bonds is 3. The summed E-state index contributed by atoms with van der Waals surface area (Å²) >= 11 is 0. The zero-order valence-corrected chi connectivity index (χ0v) is 11.2. The van der Waals surface area contributed by atoms with Crippen LogP contribution in [0.4, 0.5) is 11.4 Å². The van der Waals surface area contributed by atoms with E-state index in [1.54, 1.807) is 25.2 Å². The number of hydrogen-bond acceptors (Lipinski definition) is 4. The van der Waals surface area contributed by atoms with E-state index in [1.165, 1.54) is 11.2 Å². The monoisotopic (exact) mass is 273 g/mol. The van der Waals surface area contributed by atoms with Crippen LogP contribution in [0.3, 0.4) is 0 Å². The Balaban J connectivity index is 2.35. The van der Waals surface area contributed by atoms with Gasteiger partial charge >= 0.3 is 0 Å². The number of H-pyrrole nitrogens is 1. The smallest absolute Gasteiger partial charge is 0.276 e. The SMILES string of the molecule is Cc1cc(N(C)C(=O)c2[nH]cnc2C(N)=O)ccc1N. The van der Waals surface area contributed by atoms with Crippen molar-refractivity contribution in [2.45, 2.75) is 6.92 Å². The zero-order valence-electron chi connectivity index (χ0n) is 11.2. The first-order valence-corrected chi connectivity index (χ1v) is 5.89. The normalized spacial score (nSPS) is 10.3. The van der Waals surface area contributed by atoms with Crippen LogP contribution in [-0.4, -0.2) is 28.8 Å². The van der Waals surface area contributed by atoms with Crippen molar-refractivity contribution in [1.82, 2.24) is 9.97 Å². The van der Waals surface area contributed by atoms with Gasteiger partial charge in [-0.3, -0.25) is 9.59 Å². The maximum atomic E-state index is 12.3. The van der Waals surface area contributed by atoms with E-state index in [0.29, 0.717) is 11.4 Å². The molecule has 2 aromatic rings. The predicted molar refractivity (Wildman–Crippen MR) is 75.4 cm³/mol. The number of carbonyl (C=O) groups excluding carboxylic acids is 2. The summed E-state index contributed by atoms with van der Waals surface area (Å²) in [6, 6.07) is 5.23. The van der Waals surface area contributed by atoms with Gasteiger partial charge < -0.3 is 21.4 Å². The van der Waals surface area contributed by atoms with E-state index in [-0.39, 0.29) is 11.4 Å². The van der Waals surface area contributed by atoms with Crippen LogP contribution in [0.1, 0.15) is 26.5 Å². The summed E-state index contributed by atoms with van der Waals surface area (Å²) in [5.74, 6) is -1.16. The summed E-state index contributed by atoms with van der Waals surface area (Å²) in [4.78, 5) is 31.3. The highest BCUT2D eigenvalue weighted by atomic mass is 16.2. The fourth-order valence-corrected chi connectivity index (χ4v) is 1.80. The highest BCUT2D eigenvalue weighted by molar-refractivity contribution is 6.10. The molecular formula is C13H15N5O2. The highest BCUT2D eigenvalue weighted by Crippen LogP contribution is 2.21. The molecule has 0 spiro atoms. The van der Waals surface area contributed by atoms with Gasteiger partial charge in [0.15, 0.2) is 5.69 Å². The summed E-state index contributed by atoms with van der Waals surface area (Å²) in [7, 11) is 1.60. The molecule has 0 unspecified atom stereocenters. The average Bonchev–Trinajstić information content (AvgIpc) is 2.89. The second-order valence-corrected chi connectivity index (χ2v) is 4.40. The number of hydrogen-bond donors (Lipinski definition) is 3. The van der Waals surface area contributed by atoms with Gasteiger partial charge in [0.25, 0.3) is 11.8 Å². The number of imidazole rings is 1. The standard InChI is InChI=1S/C13H15N5O2/c1-7-5-8(3-4-9(7)14)18(2)13(20)11-10(12(15)19)16-6-17-11/h3-6H,14H2,1-2H3,(H2,15,19)(H,16,17). The Morgan fingerprint density at radius 2 is 2.05 bits per heavy atom. The Kier molecular flexibility index (Phi) is 3.43. The van der Waals surface area contributed by atoms with Crippen molar-refractivity contribution in [2.75, 3.05) is 17.7 Å². The molecule has 20 heavy (non-hydrogen) atoms. The first-order valence-electron chi connectivity index (χ1n) is 5.89. The van der Waals surface area contributed by atoms with Crippen molar-refractivity contribution < 1.29 is 9.59 Å². The molecule has 0 radical (unpaired) electrons. The topological polar surface area (TPSA) is 118 Å². The lowest BCUT2D eigenvalue weighted by Crippen LogP contribution is -2.29. The lowest BCUT2D eigenvalue weighted by Gasteiger charge is -2.18. The molecule has 2 rings (SSSR count). The van der Waals surface area contributed by atoms with E-state index in [9.17, 15) is 9.59 Å². The van der Waals surface area contributed by atoms with Crippen molar-refractivity contribution >= 4 is 23.2 Å². The third-order valence-electron chi connectivity index (χ3n) is 3.03. The molecule has 1 heterocycles. The predicted octanol–water partition coefficient (Wildman–Crippen LogP) is 0.676. The molecular weight excluding hydrogens is 258 g/mol. The summed E-state index contributed by atoms with van der Waals surface area (Å²) < 4.78 is 0. The number of amides is 2. The average molecular weight is 273 g/mol. The minimum Gasteiger partial charge on any atom is -0.399 e. The van der Waals surface area contributed by atoms with E-state index >= 15 is 0 Å². The lowest BCUT2D eigenvalue weighted by molar-refractivity contribution is 0.0958. The molecule has 7 heteroatoms. The Morgan fingerprint density at radius 1 is 1.35 bits per heavy atom. The number of aromatic amines is 1. The number of primary amides is 1. The zero-order chi connectivity index (χ0) is 14.9. The highest BCUT2D eigenvalue weighted by Gasteiger charge is 2.22. The maximum Gasteiger partial charge on any atom is 0.276 e. The number of nitrogen functional groups attached to an aromatic ring is 1. The van der Waals surface area contributed by atoms with E-state index in [2.05, 4.69) is 9.97 Å². The maximum absolute atomic E-state index is 12.3. The molecule has 0 aliphatic rings. The van der Waals surface area contributed by atoms with Crippen LogP contribution in [-0.2, 0) is 0 Å². The Morgan fingerprint density at radius 3 is 2.65 bits per heavy atom. The Hall–Kier alpha value is -2.83. The molecule has 1 aromatic carbocycles. The number of anilines is 2. The molecule has 0 fully saturated rings. The third kappa shape index (κ3) is 2.33. The van der Waals surface area contributed by atoms with Crippen molar-refractivity contribution in [3.05, 3.63) is 41.5 Å². The van der Waals surface area contributed by atoms with Crippen molar-refractivity contribution in [3.8, 4) is 0 Å². The van der Waals surface area contributed by atoms with Gasteiger partial charge in [0.1, 0.15) is 5.69 Å². The number of carbonyl (C=O) groups is 2. The van der Waals surface area contributed by atoms with Crippen molar-refractivity contribution in [2.24, 2.45) is 5.73 Å². The second-order valence-electron chi connectivity index (χ2n) is 4.40. The van der Waals surface area contributed by atoms with Gasteiger partial charge in [-0.2, -0.15) is 0 Å². The molecule has 1 aromatic heterocycles. The number of nitrogens with zero attached hydrogens (tertiary/aromatic N) is 2. The number of nitrogens with one attached hydrogen (secondary N) is 1. The molecule has 0 saturated heterocycles. The van der Waals surface area contributed by atoms with Crippen molar-refractivity contribution in [1.29, 1.82) is 0 Å². The second kappa shape index (κ2) is 5.04. The molecule has 0 atom stereocenters. The van der Waals surface area contributed by atoms with E-state index in [4.69, 9.17) is 11.5 Å². The van der Waals surface area contributed by atoms with Crippen LogP contribution in [0.25, 0.3) is 0 Å². The minimum atomic E-state index is -0.753. The molecule has 0 bridgehead atoms. The first kappa shape index (κ1) is 13.6. The van der Waals surface area contributed by atoms with Gasteiger partial charge in [-0.25, -0.2) is 4.98 Å². The van der Waals surface area contributed by atoms with Crippen LogP contribution in [0.5, 0.6) is 0 Å². The van der Waals surface area contributed by atoms with Gasteiger partial charge in [-0.05, 0) is 30.7 Å². The molecule has 0 saturated carbocycles. The van der Waals surface area contributed by atoms with Crippen molar-refractivity contribution in [3.63, 3.8) is 0 Å². The van der Waals surface area contributed by atoms with Gasteiger partial charge in [-0.1, -0.05) is 0 Å². The Labute approximate surface area is 115 Å². The quantitative estimate of drug-likeness (QED) is 0.712. The molecule has 5 N–H and O–H groups in total. The molecule has 2 amide bonds. The number of aromatic nitrogens is 2. The molecule has 104 valence electrons. The first-order chi connectivity index (χ1) is 9.41. The van der Waals surface area contributed by atoms with E-state index in [0.717, 1.165) is 5.56 Å². The third-order valence-corrected chi connectivity index (χ3v) is 3.03. The van der Waals surface area contributed by atoms with Gasteiger partial charge in [0, 0.05) is 18.4 Å². The molecule has 0 aliphatic heterocycles. The van der Waals surface area contributed by atoms with E-state index in [1.807, 2.05) is 6.92 Å². The minimum absolute atomic E-state index is 0.0643. The van der Waals surface area contributed by atoms with Crippen LogP contribution in [0.2, 0.25) is 0 Å². The van der Waals surface area contributed by atoms with Gasteiger partial charge in [0.05, 0.1) is 6.33 Å². The fourth-order valence-electron chi connectivity index (χ4n) is 1.80.